The van der Waals surface area contributed by atoms with Crippen molar-refractivity contribution in [2.45, 2.75) is 0 Å². The zero-order valence-electron chi connectivity index (χ0n) is 8.44. The van der Waals surface area contributed by atoms with Crippen LogP contribution in [0.15, 0.2) is 23.0 Å². The van der Waals surface area contributed by atoms with Crippen LogP contribution < -0.4 is 10.3 Å². The second kappa shape index (κ2) is 3.59. The van der Waals surface area contributed by atoms with Crippen LogP contribution in [0.2, 0.25) is 0 Å². The number of rotatable bonds is 1. The van der Waals surface area contributed by atoms with E-state index in [-0.39, 0.29) is 11.3 Å². The minimum atomic E-state index is -0.599. The predicted molar refractivity (Wildman–Crippen MR) is 57.5 cm³/mol. The van der Waals surface area contributed by atoms with Crippen molar-refractivity contribution in [1.82, 2.24) is 4.98 Å². The van der Waals surface area contributed by atoms with E-state index in [1.165, 1.54) is 7.11 Å². The van der Waals surface area contributed by atoms with E-state index in [9.17, 15) is 9.90 Å². The summed E-state index contributed by atoms with van der Waals surface area (Å²) < 4.78 is 4.99. The molecule has 80 valence electrons. The molecule has 0 aliphatic heterocycles. The maximum atomic E-state index is 11.4. The molecule has 1 aromatic carbocycles. The molecule has 0 aliphatic carbocycles. The minimum Gasteiger partial charge on any atom is -0.506 e. The van der Waals surface area contributed by atoms with Crippen LogP contribution in [-0.4, -0.2) is 17.2 Å². The van der Waals surface area contributed by atoms with Crippen molar-refractivity contribution < 1.29 is 9.84 Å². The Bertz CT molecular complexity index is 653. The Morgan fingerprint density at radius 1 is 1.50 bits per heavy atom. The third kappa shape index (κ3) is 1.37. The molecule has 2 aromatic rings. The molecule has 5 nitrogen and oxygen atoms in total. The van der Waals surface area contributed by atoms with Gasteiger partial charge in [-0.3, -0.25) is 4.79 Å². The lowest BCUT2D eigenvalue weighted by Crippen LogP contribution is -2.10. The Morgan fingerprint density at radius 2 is 2.25 bits per heavy atom. The fourth-order valence-corrected chi connectivity index (χ4v) is 1.49. The van der Waals surface area contributed by atoms with Gasteiger partial charge in [-0.2, -0.15) is 5.26 Å². The van der Waals surface area contributed by atoms with Gasteiger partial charge in [0.25, 0.3) is 5.56 Å². The van der Waals surface area contributed by atoms with Crippen molar-refractivity contribution in [3.05, 3.63) is 34.1 Å². The highest BCUT2D eigenvalue weighted by Crippen LogP contribution is 2.27. The van der Waals surface area contributed by atoms with E-state index < -0.39 is 5.56 Å². The summed E-state index contributed by atoms with van der Waals surface area (Å²) in [6.45, 7) is 0. The van der Waals surface area contributed by atoms with Crippen LogP contribution >= 0.6 is 0 Å². The molecule has 16 heavy (non-hydrogen) atoms. The number of aromatic hydroxyl groups is 1. The summed E-state index contributed by atoms with van der Waals surface area (Å²) in [7, 11) is 1.50. The Hall–Kier alpha value is -2.48. The molecular weight excluding hydrogens is 208 g/mol. The van der Waals surface area contributed by atoms with Gasteiger partial charge < -0.3 is 14.8 Å². The third-order valence-corrected chi connectivity index (χ3v) is 2.31. The predicted octanol–water partition coefficient (Wildman–Crippen LogP) is 1.11. The van der Waals surface area contributed by atoms with Crippen molar-refractivity contribution in [1.29, 1.82) is 5.26 Å². The average Bonchev–Trinajstić information content (AvgIpc) is 2.29. The van der Waals surface area contributed by atoms with Gasteiger partial charge in [-0.25, -0.2) is 0 Å². The first-order chi connectivity index (χ1) is 7.67. The molecular formula is C11H8N2O3. The number of fused-ring (bicyclic) bond motifs is 1. The standard InChI is InChI=1S/C11H8N2O3/c1-16-6-2-3-9-7(4-6)10(14)8(5-12)11(15)13-9/h2-4H,1H3,(H2,13,14,15). The Balaban J connectivity index is 2.90. The Kier molecular flexibility index (Phi) is 2.25. The van der Waals surface area contributed by atoms with Gasteiger partial charge in [0.1, 0.15) is 17.6 Å². The maximum Gasteiger partial charge on any atom is 0.270 e. The SMILES string of the molecule is COc1ccc2[nH]c(=O)c(C#N)c(O)c2c1. The lowest BCUT2D eigenvalue weighted by molar-refractivity contribution is 0.415. The summed E-state index contributed by atoms with van der Waals surface area (Å²) in [5.41, 5.74) is -0.430. The van der Waals surface area contributed by atoms with Gasteiger partial charge in [0.05, 0.1) is 12.6 Å². The highest BCUT2D eigenvalue weighted by Gasteiger charge is 2.11. The smallest absolute Gasteiger partial charge is 0.270 e. The second-order valence-corrected chi connectivity index (χ2v) is 3.20. The molecule has 1 aromatic heterocycles. The number of benzene rings is 1. The van der Waals surface area contributed by atoms with Gasteiger partial charge in [0.2, 0.25) is 0 Å². The summed E-state index contributed by atoms with van der Waals surface area (Å²) >= 11 is 0. The van der Waals surface area contributed by atoms with Crippen LogP contribution in [0, 0.1) is 11.3 Å². The van der Waals surface area contributed by atoms with Gasteiger partial charge in [-0.05, 0) is 18.2 Å². The number of methoxy groups -OCH3 is 1. The topological polar surface area (TPSA) is 86.1 Å². The van der Waals surface area contributed by atoms with E-state index in [2.05, 4.69) is 4.98 Å². The summed E-state index contributed by atoms with van der Waals surface area (Å²) in [5, 5.41) is 18.9. The molecule has 0 bridgehead atoms. The quantitative estimate of drug-likeness (QED) is 0.747. The highest BCUT2D eigenvalue weighted by atomic mass is 16.5. The van der Waals surface area contributed by atoms with Crippen LogP contribution in [0.5, 0.6) is 11.5 Å². The van der Waals surface area contributed by atoms with Crippen molar-refractivity contribution in [2.75, 3.05) is 7.11 Å². The molecule has 0 amide bonds. The average molecular weight is 216 g/mol. The van der Waals surface area contributed by atoms with E-state index >= 15 is 0 Å². The number of aromatic amines is 1. The number of H-pyrrole nitrogens is 1. The number of nitriles is 1. The van der Waals surface area contributed by atoms with Gasteiger partial charge in [-0.15, -0.1) is 0 Å². The molecule has 0 atom stereocenters. The number of hydrogen-bond acceptors (Lipinski definition) is 4. The lowest BCUT2D eigenvalue weighted by atomic mass is 10.1. The number of pyridine rings is 1. The Morgan fingerprint density at radius 3 is 2.88 bits per heavy atom. The van der Waals surface area contributed by atoms with Crippen molar-refractivity contribution in [3.63, 3.8) is 0 Å². The molecule has 0 unspecified atom stereocenters. The highest BCUT2D eigenvalue weighted by molar-refractivity contribution is 5.87. The summed E-state index contributed by atoms with van der Waals surface area (Å²) in [6.07, 6.45) is 0. The van der Waals surface area contributed by atoms with E-state index in [0.717, 1.165) is 0 Å². The van der Waals surface area contributed by atoms with Gasteiger partial charge >= 0.3 is 0 Å². The molecule has 5 heteroatoms. The van der Waals surface area contributed by atoms with Crippen molar-refractivity contribution in [3.8, 4) is 17.6 Å². The number of nitrogens with one attached hydrogen (secondary N) is 1. The first kappa shape index (κ1) is 10.1. The van der Waals surface area contributed by atoms with Crippen LogP contribution in [0.3, 0.4) is 0 Å². The normalized spacial score (nSPS) is 10.0. The summed E-state index contributed by atoms with van der Waals surface area (Å²) in [5.74, 6) is 0.221. The maximum absolute atomic E-state index is 11.4. The number of nitrogens with zero attached hydrogens (tertiary/aromatic N) is 1. The molecule has 0 aliphatic rings. The Labute approximate surface area is 90.5 Å². The zero-order valence-corrected chi connectivity index (χ0v) is 8.44. The largest absolute Gasteiger partial charge is 0.506 e. The first-order valence-corrected chi connectivity index (χ1v) is 4.50. The molecule has 0 radical (unpaired) electrons. The summed E-state index contributed by atoms with van der Waals surface area (Å²) in [4.78, 5) is 13.9. The van der Waals surface area contributed by atoms with Crippen LogP contribution in [0.1, 0.15) is 5.56 Å². The molecule has 2 rings (SSSR count). The van der Waals surface area contributed by atoms with Gasteiger partial charge in [-0.1, -0.05) is 0 Å². The van der Waals surface area contributed by atoms with Crippen LogP contribution in [0.4, 0.5) is 0 Å². The first-order valence-electron chi connectivity index (χ1n) is 4.50. The number of hydrogen-bond donors (Lipinski definition) is 2. The van der Waals surface area contributed by atoms with Crippen LogP contribution in [0.25, 0.3) is 10.9 Å². The zero-order chi connectivity index (χ0) is 11.7. The van der Waals surface area contributed by atoms with Crippen molar-refractivity contribution in [2.24, 2.45) is 0 Å². The molecule has 0 spiro atoms. The van der Waals surface area contributed by atoms with Gasteiger partial charge in [0.15, 0.2) is 5.56 Å². The molecule has 2 N–H and O–H groups in total. The second-order valence-electron chi connectivity index (χ2n) is 3.20. The monoisotopic (exact) mass is 216 g/mol. The van der Waals surface area contributed by atoms with Crippen LogP contribution in [-0.2, 0) is 0 Å². The number of ether oxygens (including phenoxy) is 1. The lowest BCUT2D eigenvalue weighted by Gasteiger charge is -2.04. The van der Waals surface area contributed by atoms with Gasteiger partial charge in [0, 0.05) is 5.39 Å². The van der Waals surface area contributed by atoms with E-state index in [1.807, 2.05) is 0 Å². The van der Waals surface area contributed by atoms with E-state index in [0.29, 0.717) is 16.7 Å². The number of aromatic nitrogens is 1. The summed E-state index contributed by atoms with van der Waals surface area (Å²) in [6, 6.07) is 6.48. The molecule has 1 heterocycles. The fourth-order valence-electron chi connectivity index (χ4n) is 1.49. The molecule has 0 saturated heterocycles. The van der Waals surface area contributed by atoms with E-state index in [4.69, 9.17) is 10.00 Å². The minimum absolute atomic E-state index is 0.291. The van der Waals surface area contributed by atoms with E-state index in [1.54, 1.807) is 24.3 Å². The third-order valence-electron chi connectivity index (χ3n) is 2.31. The van der Waals surface area contributed by atoms with Crippen molar-refractivity contribution >= 4 is 10.9 Å². The molecule has 0 fully saturated rings. The molecule has 0 saturated carbocycles. The fraction of sp³-hybridized carbons (Fsp3) is 0.0909.